The summed E-state index contributed by atoms with van der Waals surface area (Å²) in [6.07, 6.45) is 1.22. The molecule has 0 bridgehead atoms. The number of hydrogen-bond donors (Lipinski definition) is 2. The van der Waals surface area contributed by atoms with Crippen molar-refractivity contribution in [3.8, 4) is 11.5 Å². The third-order valence-electron chi connectivity index (χ3n) is 3.84. The van der Waals surface area contributed by atoms with Crippen LogP contribution in [0.5, 0.6) is 11.5 Å². The maximum Gasteiger partial charge on any atom is 0.308 e. The Morgan fingerprint density at radius 3 is 2.71 bits per heavy atom. The fourth-order valence-electron chi connectivity index (χ4n) is 2.61. The maximum atomic E-state index is 12.6. The molecule has 3 N–H and O–H groups in total. The Kier molecular flexibility index (Phi) is 5.62. The molecule has 1 saturated heterocycles. The van der Waals surface area contributed by atoms with Gasteiger partial charge in [0.15, 0.2) is 18.1 Å². The van der Waals surface area contributed by atoms with Crippen molar-refractivity contribution < 1.29 is 29.0 Å². The summed E-state index contributed by atoms with van der Waals surface area (Å²) in [5.74, 6) is -1.71. The Bertz CT molecular complexity index is 645. The molecule has 8 nitrogen and oxygen atoms in total. The summed E-state index contributed by atoms with van der Waals surface area (Å²) in [5, 5.41) is 9.12. The lowest BCUT2D eigenvalue weighted by molar-refractivity contribution is -0.143. The second-order valence-electron chi connectivity index (χ2n) is 5.55. The number of rotatable bonds is 6. The van der Waals surface area contributed by atoms with Gasteiger partial charge in [-0.1, -0.05) is 0 Å². The molecule has 1 fully saturated rings. The highest BCUT2D eigenvalue weighted by molar-refractivity contribution is 5.95. The number of likely N-dealkylation sites (tertiary alicyclic amines) is 1. The number of carboxylic acid groups (broad SMARTS) is 1. The van der Waals surface area contributed by atoms with Gasteiger partial charge in [-0.05, 0) is 31.0 Å². The largest absolute Gasteiger partial charge is 0.493 e. The number of amides is 2. The predicted octanol–water partition coefficient (Wildman–Crippen LogP) is 0.496. The number of primary amides is 1. The van der Waals surface area contributed by atoms with Crippen LogP contribution < -0.4 is 15.2 Å². The standard InChI is InChI=1S/C16H20N2O6/c1-23-13-7-10(4-5-12(13)24-9-14(17)19)15(20)18-6-2-3-11(8-18)16(21)22/h4-5,7,11H,2-3,6,8-9H2,1H3,(H2,17,19)(H,21,22)/t11-/m1/s1. The highest BCUT2D eigenvalue weighted by Crippen LogP contribution is 2.29. The first-order chi connectivity index (χ1) is 11.4. The average Bonchev–Trinajstić information content (AvgIpc) is 2.59. The summed E-state index contributed by atoms with van der Waals surface area (Å²) >= 11 is 0. The second-order valence-corrected chi connectivity index (χ2v) is 5.55. The molecule has 0 saturated carbocycles. The molecule has 0 radical (unpaired) electrons. The van der Waals surface area contributed by atoms with E-state index in [1.807, 2.05) is 0 Å². The number of nitrogens with two attached hydrogens (primary N) is 1. The van der Waals surface area contributed by atoms with Gasteiger partial charge >= 0.3 is 5.97 Å². The molecule has 0 aromatic heterocycles. The summed E-state index contributed by atoms with van der Waals surface area (Å²) < 4.78 is 10.4. The van der Waals surface area contributed by atoms with Crippen LogP contribution in [0.2, 0.25) is 0 Å². The molecule has 24 heavy (non-hydrogen) atoms. The molecule has 1 aliphatic heterocycles. The minimum Gasteiger partial charge on any atom is -0.493 e. The van der Waals surface area contributed by atoms with Crippen LogP contribution in [-0.4, -0.2) is 54.6 Å². The Labute approximate surface area is 139 Å². The number of methoxy groups -OCH3 is 1. The second kappa shape index (κ2) is 7.67. The molecule has 0 spiro atoms. The summed E-state index contributed by atoms with van der Waals surface area (Å²) in [7, 11) is 1.42. The molecule has 1 aromatic rings. The maximum absolute atomic E-state index is 12.6. The molecule has 1 aromatic carbocycles. The highest BCUT2D eigenvalue weighted by atomic mass is 16.5. The SMILES string of the molecule is COc1cc(C(=O)N2CCC[C@@H](C(=O)O)C2)ccc1OCC(N)=O. The molecule has 8 heteroatoms. The van der Waals surface area contributed by atoms with Gasteiger partial charge in [0.1, 0.15) is 0 Å². The van der Waals surface area contributed by atoms with Gasteiger partial charge in [0.05, 0.1) is 13.0 Å². The van der Waals surface area contributed by atoms with Gasteiger partial charge in [0.2, 0.25) is 0 Å². The molecule has 2 rings (SSSR count). The number of ether oxygens (including phenoxy) is 2. The molecule has 1 aliphatic rings. The van der Waals surface area contributed by atoms with E-state index in [1.54, 1.807) is 6.07 Å². The van der Waals surface area contributed by atoms with Crippen molar-refractivity contribution in [1.29, 1.82) is 0 Å². The number of piperidine rings is 1. The first-order valence-electron chi connectivity index (χ1n) is 7.53. The van der Waals surface area contributed by atoms with E-state index in [0.717, 1.165) is 0 Å². The number of benzene rings is 1. The van der Waals surface area contributed by atoms with Crippen molar-refractivity contribution in [2.24, 2.45) is 11.7 Å². The first kappa shape index (κ1) is 17.6. The van der Waals surface area contributed by atoms with Crippen molar-refractivity contribution in [3.63, 3.8) is 0 Å². The summed E-state index contributed by atoms with van der Waals surface area (Å²) in [6.45, 7) is 0.414. The molecule has 0 unspecified atom stereocenters. The van der Waals surface area contributed by atoms with E-state index in [2.05, 4.69) is 0 Å². The molecule has 2 amide bonds. The normalized spacial score (nSPS) is 17.2. The number of carbonyl (C=O) groups is 3. The van der Waals surface area contributed by atoms with Gasteiger partial charge < -0.3 is 25.2 Å². The van der Waals surface area contributed by atoms with Crippen molar-refractivity contribution >= 4 is 17.8 Å². The predicted molar refractivity (Wildman–Crippen MR) is 83.9 cm³/mol. The quantitative estimate of drug-likeness (QED) is 0.780. The van der Waals surface area contributed by atoms with Crippen LogP contribution in [0.25, 0.3) is 0 Å². The number of carbonyl (C=O) groups excluding carboxylic acids is 2. The smallest absolute Gasteiger partial charge is 0.308 e. The van der Waals surface area contributed by atoms with Crippen molar-refractivity contribution in [3.05, 3.63) is 23.8 Å². The molecule has 0 aliphatic carbocycles. The van der Waals surface area contributed by atoms with Crippen LogP contribution in [0.1, 0.15) is 23.2 Å². The third-order valence-corrected chi connectivity index (χ3v) is 3.84. The van der Waals surface area contributed by atoms with Crippen LogP contribution in [0.3, 0.4) is 0 Å². The molecular formula is C16H20N2O6. The van der Waals surface area contributed by atoms with Crippen LogP contribution in [-0.2, 0) is 9.59 Å². The lowest BCUT2D eigenvalue weighted by atomic mass is 9.97. The average molecular weight is 336 g/mol. The zero-order chi connectivity index (χ0) is 17.7. The number of aliphatic carboxylic acids is 1. The fraction of sp³-hybridized carbons (Fsp3) is 0.438. The van der Waals surface area contributed by atoms with Gasteiger partial charge in [-0.25, -0.2) is 0 Å². The Morgan fingerprint density at radius 2 is 2.08 bits per heavy atom. The summed E-state index contributed by atoms with van der Waals surface area (Å²) in [4.78, 5) is 36.0. The highest BCUT2D eigenvalue weighted by Gasteiger charge is 2.29. The van der Waals surface area contributed by atoms with Crippen LogP contribution in [0.15, 0.2) is 18.2 Å². The van der Waals surface area contributed by atoms with Crippen LogP contribution >= 0.6 is 0 Å². The molecule has 130 valence electrons. The number of nitrogens with zero attached hydrogens (tertiary/aromatic N) is 1. The van der Waals surface area contributed by atoms with E-state index in [-0.39, 0.29) is 19.1 Å². The topological polar surface area (TPSA) is 119 Å². The lowest BCUT2D eigenvalue weighted by Crippen LogP contribution is -2.42. The summed E-state index contributed by atoms with van der Waals surface area (Å²) in [6, 6.07) is 4.57. The monoisotopic (exact) mass is 336 g/mol. The molecular weight excluding hydrogens is 316 g/mol. The zero-order valence-electron chi connectivity index (χ0n) is 13.4. The summed E-state index contributed by atoms with van der Waals surface area (Å²) in [5.41, 5.74) is 5.40. The number of carboxylic acids is 1. The Balaban J connectivity index is 2.14. The minimum atomic E-state index is -0.889. The van der Waals surface area contributed by atoms with E-state index in [9.17, 15) is 14.4 Å². The van der Waals surface area contributed by atoms with Crippen LogP contribution in [0, 0.1) is 5.92 Å². The Hall–Kier alpha value is -2.77. The van der Waals surface area contributed by atoms with Gasteiger partial charge in [0, 0.05) is 18.7 Å². The van der Waals surface area contributed by atoms with E-state index in [1.165, 1.54) is 24.1 Å². The number of hydrogen-bond acceptors (Lipinski definition) is 5. The fourth-order valence-corrected chi connectivity index (χ4v) is 2.61. The van der Waals surface area contributed by atoms with E-state index < -0.39 is 17.8 Å². The Morgan fingerprint density at radius 1 is 1.33 bits per heavy atom. The van der Waals surface area contributed by atoms with Gasteiger partial charge in [0.25, 0.3) is 11.8 Å². The molecule has 1 heterocycles. The first-order valence-corrected chi connectivity index (χ1v) is 7.53. The van der Waals surface area contributed by atoms with Crippen molar-refractivity contribution in [1.82, 2.24) is 4.90 Å². The molecule has 1 atom stereocenters. The van der Waals surface area contributed by atoms with Crippen LogP contribution in [0.4, 0.5) is 0 Å². The van der Waals surface area contributed by atoms with Gasteiger partial charge in [-0.2, -0.15) is 0 Å². The van der Waals surface area contributed by atoms with E-state index in [0.29, 0.717) is 36.4 Å². The zero-order valence-corrected chi connectivity index (χ0v) is 13.4. The van der Waals surface area contributed by atoms with Crippen molar-refractivity contribution in [2.45, 2.75) is 12.8 Å². The third kappa shape index (κ3) is 4.15. The van der Waals surface area contributed by atoms with Crippen molar-refractivity contribution in [2.75, 3.05) is 26.8 Å². The van der Waals surface area contributed by atoms with E-state index in [4.69, 9.17) is 20.3 Å². The van der Waals surface area contributed by atoms with Gasteiger partial charge in [-0.3, -0.25) is 14.4 Å². The lowest BCUT2D eigenvalue weighted by Gasteiger charge is -2.30. The minimum absolute atomic E-state index is 0.191. The van der Waals surface area contributed by atoms with Gasteiger partial charge in [-0.15, -0.1) is 0 Å². The van der Waals surface area contributed by atoms with E-state index >= 15 is 0 Å².